The van der Waals surface area contributed by atoms with Gasteiger partial charge in [-0.25, -0.2) is 0 Å². The van der Waals surface area contributed by atoms with Crippen molar-refractivity contribution in [2.45, 2.75) is 32.7 Å². The lowest BCUT2D eigenvalue weighted by molar-refractivity contribution is -0.136. The van der Waals surface area contributed by atoms with E-state index in [1.807, 2.05) is 20.8 Å². The van der Waals surface area contributed by atoms with E-state index >= 15 is 0 Å². The summed E-state index contributed by atoms with van der Waals surface area (Å²) in [6, 6.07) is 6.65. The molecule has 0 aliphatic rings. The number of carboxylic acid groups (broad SMARTS) is 1. The molecular formula is C14H19NO4. The van der Waals surface area contributed by atoms with Gasteiger partial charge in [-0.15, -0.1) is 0 Å². The Balaban J connectivity index is 2.46. The van der Waals surface area contributed by atoms with Gasteiger partial charge in [0.25, 0.3) is 5.91 Å². The summed E-state index contributed by atoms with van der Waals surface area (Å²) < 4.78 is 5.31. The van der Waals surface area contributed by atoms with Gasteiger partial charge >= 0.3 is 5.97 Å². The third-order valence-electron chi connectivity index (χ3n) is 2.16. The van der Waals surface area contributed by atoms with Crippen LogP contribution in [0.4, 0.5) is 0 Å². The molecule has 0 spiro atoms. The van der Waals surface area contributed by atoms with Gasteiger partial charge in [-0.2, -0.15) is 0 Å². The number of rotatable bonds is 5. The van der Waals surface area contributed by atoms with E-state index in [1.54, 1.807) is 24.3 Å². The number of carbonyl (C=O) groups is 2. The number of carboxylic acids is 1. The monoisotopic (exact) mass is 265 g/mol. The van der Waals surface area contributed by atoms with Crippen LogP contribution >= 0.6 is 0 Å². The standard InChI is InChI=1S/C14H19NO4/c1-14(2,3)15-12(16)9-19-11-6-4-10(5-7-11)8-13(17)18/h4-7H,8-9H2,1-3H3,(H,15,16)(H,17,18). The molecule has 104 valence electrons. The first-order valence-corrected chi connectivity index (χ1v) is 6.01. The van der Waals surface area contributed by atoms with Gasteiger partial charge < -0.3 is 15.2 Å². The molecule has 1 aromatic carbocycles. The molecular weight excluding hydrogens is 246 g/mol. The van der Waals surface area contributed by atoms with Crippen molar-refractivity contribution in [1.82, 2.24) is 5.32 Å². The Kier molecular flexibility index (Phi) is 4.92. The predicted octanol–water partition coefficient (Wildman–Crippen LogP) is 1.61. The van der Waals surface area contributed by atoms with Crippen molar-refractivity contribution in [3.8, 4) is 5.75 Å². The Bertz CT molecular complexity index is 446. The van der Waals surface area contributed by atoms with Crippen molar-refractivity contribution in [3.05, 3.63) is 29.8 Å². The van der Waals surface area contributed by atoms with Crippen molar-refractivity contribution in [2.24, 2.45) is 0 Å². The number of hydrogen-bond acceptors (Lipinski definition) is 3. The maximum atomic E-state index is 11.5. The zero-order valence-corrected chi connectivity index (χ0v) is 11.4. The molecule has 0 aliphatic heterocycles. The SMILES string of the molecule is CC(C)(C)NC(=O)COc1ccc(CC(=O)O)cc1. The van der Waals surface area contributed by atoms with Crippen LogP contribution in [0.3, 0.4) is 0 Å². The largest absolute Gasteiger partial charge is 0.484 e. The third-order valence-corrected chi connectivity index (χ3v) is 2.16. The molecule has 0 radical (unpaired) electrons. The van der Waals surface area contributed by atoms with Crippen LogP contribution in [0.5, 0.6) is 5.75 Å². The summed E-state index contributed by atoms with van der Waals surface area (Å²) in [6.07, 6.45) is -0.0230. The molecule has 5 nitrogen and oxygen atoms in total. The molecule has 0 saturated heterocycles. The zero-order valence-electron chi connectivity index (χ0n) is 11.4. The van der Waals surface area contributed by atoms with E-state index in [2.05, 4.69) is 5.32 Å². The van der Waals surface area contributed by atoms with E-state index in [0.717, 1.165) is 0 Å². The lowest BCUT2D eigenvalue weighted by Crippen LogP contribution is -2.43. The third kappa shape index (κ3) is 6.45. The second-order valence-electron chi connectivity index (χ2n) is 5.30. The average Bonchev–Trinajstić information content (AvgIpc) is 2.25. The molecule has 0 aliphatic carbocycles. The second kappa shape index (κ2) is 6.22. The Morgan fingerprint density at radius 1 is 1.21 bits per heavy atom. The zero-order chi connectivity index (χ0) is 14.5. The van der Waals surface area contributed by atoms with E-state index in [4.69, 9.17) is 9.84 Å². The van der Waals surface area contributed by atoms with Crippen LogP contribution in [0.25, 0.3) is 0 Å². The van der Waals surface area contributed by atoms with Crippen molar-refractivity contribution in [1.29, 1.82) is 0 Å². The molecule has 0 heterocycles. The highest BCUT2D eigenvalue weighted by Crippen LogP contribution is 2.12. The summed E-state index contributed by atoms with van der Waals surface area (Å²) >= 11 is 0. The van der Waals surface area contributed by atoms with Gasteiger partial charge in [-0.1, -0.05) is 12.1 Å². The Morgan fingerprint density at radius 2 is 1.79 bits per heavy atom. The number of hydrogen-bond donors (Lipinski definition) is 2. The number of benzene rings is 1. The molecule has 19 heavy (non-hydrogen) atoms. The maximum Gasteiger partial charge on any atom is 0.307 e. The molecule has 1 amide bonds. The van der Waals surface area contributed by atoms with Crippen LogP contribution < -0.4 is 10.1 Å². The first-order valence-electron chi connectivity index (χ1n) is 6.01. The van der Waals surface area contributed by atoms with Crippen molar-refractivity contribution >= 4 is 11.9 Å². The van der Waals surface area contributed by atoms with Gasteiger partial charge in [-0.3, -0.25) is 9.59 Å². The second-order valence-corrected chi connectivity index (χ2v) is 5.30. The summed E-state index contributed by atoms with van der Waals surface area (Å²) in [5.74, 6) is -0.529. The van der Waals surface area contributed by atoms with E-state index in [9.17, 15) is 9.59 Å². The summed E-state index contributed by atoms with van der Waals surface area (Å²) in [7, 11) is 0. The van der Waals surface area contributed by atoms with Gasteiger partial charge in [0, 0.05) is 5.54 Å². The summed E-state index contributed by atoms with van der Waals surface area (Å²) in [4.78, 5) is 22.0. The number of carbonyl (C=O) groups excluding carboxylic acids is 1. The van der Waals surface area contributed by atoms with Crippen LogP contribution in [0, 0.1) is 0 Å². The lowest BCUT2D eigenvalue weighted by Gasteiger charge is -2.20. The molecule has 2 N–H and O–H groups in total. The summed E-state index contributed by atoms with van der Waals surface area (Å²) in [6.45, 7) is 5.62. The molecule has 1 aromatic rings. The highest BCUT2D eigenvalue weighted by molar-refractivity contribution is 5.78. The van der Waals surface area contributed by atoms with Gasteiger partial charge in [0.2, 0.25) is 0 Å². The van der Waals surface area contributed by atoms with Gasteiger partial charge in [-0.05, 0) is 38.5 Å². The molecule has 0 unspecified atom stereocenters. The van der Waals surface area contributed by atoms with E-state index in [1.165, 1.54) is 0 Å². The smallest absolute Gasteiger partial charge is 0.307 e. The Hall–Kier alpha value is -2.04. The maximum absolute atomic E-state index is 11.5. The van der Waals surface area contributed by atoms with Crippen LogP contribution in [0.1, 0.15) is 26.3 Å². The highest BCUT2D eigenvalue weighted by atomic mass is 16.5. The number of ether oxygens (including phenoxy) is 1. The van der Waals surface area contributed by atoms with Crippen LogP contribution in [0.2, 0.25) is 0 Å². The quantitative estimate of drug-likeness (QED) is 0.848. The summed E-state index contributed by atoms with van der Waals surface area (Å²) in [5.41, 5.74) is 0.408. The molecule has 0 saturated carbocycles. The minimum atomic E-state index is -0.877. The first kappa shape index (κ1) is 15.0. The molecule has 0 bridgehead atoms. The van der Waals surface area contributed by atoms with Crippen LogP contribution in [-0.4, -0.2) is 29.1 Å². The van der Waals surface area contributed by atoms with Gasteiger partial charge in [0.1, 0.15) is 5.75 Å². The normalized spacial score (nSPS) is 10.9. The minimum absolute atomic E-state index is 0.0230. The fourth-order valence-electron chi connectivity index (χ4n) is 1.48. The predicted molar refractivity (Wildman–Crippen MR) is 71.2 cm³/mol. The topological polar surface area (TPSA) is 75.6 Å². The van der Waals surface area contributed by atoms with Gasteiger partial charge in [0.05, 0.1) is 6.42 Å². The molecule has 5 heteroatoms. The fourth-order valence-corrected chi connectivity index (χ4v) is 1.48. The van der Waals surface area contributed by atoms with Crippen LogP contribution in [0.15, 0.2) is 24.3 Å². The van der Waals surface area contributed by atoms with Crippen molar-refractivity contribution in [2.75, 3.05) is 6.61 Å². The number of aliphatic carboxylic acids is 1. The van der Waals surface area contributed by atoms with E-state index in [0.29, 0.717) is 11.3 Å². The lowest BCUT2D eigenvalue weighted by atomic mass is 10.1. The van der Waals surface area contributed by atoms with Gasteiger partial charge in [0.15, 0.2) is 6.61 Å². The first-order chi connectivity index (χ1) is 8.76. The average molecular weight is 265 g/mol. The Labute approximate surface area is 112 Å². The van der Waals surface area contributed by atoms with Crippen molar-refractivity contribution < 1.29 is 19.4 Å². The highest BCUT2D eigenvalue weighted by Gasteiger charge is 2.13. The molecule has 0 fully saturated rings. The molecule has 1 rings (SSSR count). The summed E-state index contributed by atoms with van der Waals surface area (Å²) in [5, 5.41) is 11.4. The fraction of sp³-hybridized carbons (Fsp3) is 0.429. The molecule has 0 atom stereocenters. The molecule has 0 aromatic heterocycles. The minimum Gasteiger partial charge on any atom is -0.484 e. The van der Waals surface area contributed by atoms with E-state index in [-0.39, 0.29) is 24.5 Å². The number of nitrogens with one attached hydrogen (secondary N) is 1. The number of amides is 1. The van der Waals surface area contributed by atoms with Crippen molar-refractivity contribution in [3.63, 3.8) is 0 Å². The van der Waals surface area contributed by atoms with Crippen LogP contribution in [-0.2, 0) is 16.0 Å². The van der Waals surface area contributed by atoms with E-state index < -0.39 is 5.97 Å². The Morgan fingerprint density at radius 3 is 2.26 bits per heavy atom.